The molecule has 0 aromatic carbocycles. The van der Waals surface area contributed by atoms with Crippen molar-refractivity contribution in [2.45, 2.75) is 32.4 Å². The maximum Gasteiger partial charge on any atom is 0.222 e. The largest absolute Gasteiger partial charge is 0.342 e. The summed E-state index contributed by atoms with van der Waals surface area (Å²) in [7, 11) is 0. The first kappa shape index (κ1) is 11.3. The van der Waals surface area contributed by atoms with Gasteiger partial charge in [-0.1, -0.05) is 12.8 Å². The Morgan fingerprint density at radius 3 is 3.07 bits per heavy atom. The predicted octanol–water partition coefficient (Wildman–Crippen LogP) is 0.801. The van der Waals surface area contributed by atoms with Crippen molar-refractivity contribution in [3.05, 3.63) is 18.5 Å². The maximum atomic E-state index is 11.4. The molecule has 0 radical (unpaired) electrons. The van der Waals surface area contributed by atoms with E-state index < -0.39 is 0 Å². The first-order valence-corrected chi connectivity index (χ1v) is 4.99. The van der Waals surface area contributed by atoms with E-state index in [0.29, 0.717) is 13.0 Å². The van der Waals surface area contributed by atoms with Gasteiger partial charge in [-0.05, 0) is 12.5 Å². The van der Waals surface area contributed by atoms with Gasteiger partial charge in [-0.25, -0.2) is 0 Å². The molecule has 1 heterocycles. The van der Waals surface area contributed by atoms with Crippen molar-refractivity contribution in [3.63, 3.8) is 0 Å². The second-order valence-electron chi connectivity index (χ2n) is 3.21. The van der Waals surface area contributed by atoms with Gasteiger partial charge >= 0.3 is 0 Å². The fourth-order valence-electron chi connectivity index (χ4n) is 1.18. The zero-order valence-corrected chi connectivity index (χ0v) is 8.81. The third-order valence-electron chi connectivity index (χ3n) is 2.07. The van der Waals surface area contributed by atoms with Crippen LogP contribution in [-0.4, -0.2) is 21.7 Å². The smallest absolute Gasteiger partial charge is 0.222 e. The van der Waals surface area contributed by atoms with E-state index >= 15 is 0 Å². The number of carbonyl (C=O) groups excluding carboxylic acids is 1. The van der Waals surface area contributed by atoms with Crippen molar-refractivity contribution in [2.75, 3.05) is 0 Å². The average molecular weight is 205 g/mol. The van der Waals surface area contributed by atoms with Gasteiger partial charge in [-0.15, -0.1) is 6.42 Å². The van der Waals surface area contributed by atoms with E-state index in [0.717, 1.165) is 6.42 Å². The number of nitrogens with one attached hydrogen (secondary N) is 1. The number of amides is 1. The van der Waals surface area contributed by atoms with Crippen molar-refractivity contribution >= 4 is 5.91 Å². The molecule has 1 amide bonds. The Bertz CT molecular complexity index is 337. The molecule has 0 aliphatic rings. The zero-order chi connectivity index (χ0) is 11.1. The van der Waals surface area contributed by atoms with Crippen LogP contribution in [0.3, 0.4) is 0 Å². The molecule has 80 valence electrons. The van der Waals surface area contributed by atoms with Crippen LogP contribution in [0, 0.1) is 12.3 Å². The second kappa shape index (κ2) is 5.86. The molecule has 0 bridgehead atoms. The van der Waals surface area contributed by atoms with Crippen LogP contribution in [0.4, 0.5) is 0 Å². The van der Waals surface area contributed by atoms with E-state index in [1.807, 2.05) is 19.2 Å². The van der Waals surface area contributed by atoms with E-state index in [-0.39, 0.29) is 11.9 Å². The molecule has 1 aromatic heterocycles. The highest BCUT2D eigenvalue weighted by Crippen LogP contribution is 1.93. The van der Waals surface area contributed by atoms with Crippen LogP contribution >= 0.6 is 0 Å². The number of rotatable bonds is 5. The fourth-order valence-corrected chi connectivity index (χ4v) is 1.18. The Hall–Kier alpha value is -1.76. The molecule has 0 aliphatic heterocycles. The first-order chi connectivity index (χ1) is 7.26. The van der Waals surface area contributed by atoms with Crippen molar-refractivity contribution < 1.29 is 4.79 Å². The summed E-state index contributed by atoms with van der Waals surface area (Å²) in [5.41, 5.74) is 0. The summed E-state index contributed by atoms with van der Waals surface area (Å²) in [6.07, 6.45) is 9.91. The molecule has 0 fully saturated rings. The summed E-state index contributed by atoms with van der Waals surface area (Å²) in [4.78, 5) is 11.4. The average Bonchev–Trinajstić information content (AvgIpc) is 2.75. The van der Waals surface area contributed by atoms with Crippen molar-refractivity contribution in [1.82, 2.24) is 15.1 Å². The Morgan fingerprint density at radius 2 is 2.53 bits per heavy atom. The fraction of sp³-hybridized carbons (Fsp3) is 0.455. The highest BCUT2D eigenvalue weighted by molar-refractivity contribution is 5.76. The van der Waals surface area contributed by atoms with Gasteiger partial charge in [0, 0.05) is 25.4 Å². The molecule has 1 aromatic rings. The lowest BCUT2D eigenvalue weighted by atomic mass is 10.2. The summed E-state index contributed by atoms with van der Waals surface area (Å²) in [6, 6.07) is 1.67. The summed E-state index contributed by atoms with van der Waals surface area (Å²) >= 11 is 0. The van der Waals surface area contributed by atoms with Gasteiger partial charge in [0.15, 0.2) is 0 Å². The molecular formula is C11H15N3O. The van der Waals surface area contributed by atoms with Crippen LogP contribution in [0.1, 0.15) is 19.8 Å². The normalized spacial score (nSPS) is 11.7. The van der Waals surface area contributed by atoms with Crippen molar-refractivity contribution in [1.29, 1.82) is 0 Å². The monoisotopic (exact) mass is 205 g/mol. The molecule has 15 heavy (non-hydrogen) atoms. The molecule has 1 rings (SSSR count). The third-order valence-corrected chi connectivity index (χ3v) is 2.07. The topological polar surface area (TPSA) is 46.9 Å². The molecule has 0 saturated carbocycles. The molecule has 4 heteroatoms. The zero-order valence-electron chi connectivity index (χ0n) is 8.81. The highest BCUT2D eigenvalue weighted by atomic mass is 16.1. The number of hydrogen-bond donors (Lipinski definition) is 1. The van der Waals surface area contributed by atoms with Crippen molar-refractivity contribution in [2.24, 2.45) is 0 Å². The van der Waals surface area contributed by atoms with E-state index in [2.05, 4.69) is 16.3 Å². The Labute approximate surface area is 89.7 Å². The van der Waals surface area contributed by atoms with Crippen molar-refractivity contribution in [3.8, 4) is 12.3 Å². The van der Waals surface area contributed by atoms with Gasteiger partial charge in [0.2, 0.25) is 5.91 Å². The summed E-state index contributed by atoms with van der Waals surface area (Å²) in [6.45, 7) is 2.53. The van der Waals surface area contributed by atoms with E-state index in [4.69, 9.17) is 6.42 Å². The minimum absolute atomic E-state index is 0.0321. The Balaban J connectivity index is 2.28. The van der Waals surface area contributed by atoms with Crippen LogP contribution in [0.5, 0.6) is 0 Å². The van der Waals surface area contributed by atoms with E-state index in [1.165, 1.54) is 0 Å². The lowest BCUT2D eigenvalue weighted by Gasteiger charge is -2.10. The molecule has 0 aliphatic carbocycles. The van der Waals surface area contributed by atoms with Gasteiger partial charge < -0.3 is 5.32 Å². The van der Waals surface area contributed by atoms with Gasteiger partial charge in [0.05, 0.1) is 6.04 Å². The minimum Gasteiger partial charge on any atom is -0.342 e. The van der Waals surface area contributed by atoms with Crippen LogP contribution in [-0.2, 0) is 11.3 Å². The molecule has 4 nitrogen and oxygen atoms in total. The number of carbonyl (C=O) groups is 1. The number of nitrogens with zero attached hydrogens (tertiary/aromatic N) is 2. The second-order valence-corrected chi connectivity index (χ2v) is 3.21. The number of terminal acetylenes is 1. The van der Waals surface area contributed by atoms with Gasteiger partial charge in [-0.3, -0.25) is 9.48 Å². The van der Waals surface area contributed by atoms with Crippen LogP contribution in [0.25, 0.3) is 0 Å². The Morgan fingerprint density at radius 1 is 1.73 bits per heavy atom. The third kappa shape index (κ3) is 3.86. The molecule has 0 spiro atoms. The SMILES string of the molecule is C#CC(CC)NC(=O)CCn1cccn1. The maximum absolute atomic E-state index is 11.4. The standard InChI is InChI=1S/C11H15N3O/c1-3-10(4-2)13-11(15)6-9-14-8-5-7-12-14/h1,5,7-8,10H,4,6,9H2,2H3,(H,13,15). The first-order valence-electron chi connectivity index (χ1n) is 4.99. The molecule has 1 N–H and O–H groups in total. The lowest BCUT2D eigenvalue weighted by Crippen LogP contribution is -2.33. The van der Waals surface area contributed by atoms with E-state index in [9.17, 15) is 4.79 Å². The number of aryl methyl sites for hydroxylation is 1. The molecular weight excluding hydrogens is 190 g/mol. The summed E-state index contributed by atoms with van der Waals surface area (Å²) in [5.74, 6) is 2.49. The van der Waals surface area contributed by atoms with Gasteiger partial charge in [0.1, 0.15) is 0 Å². The van der Waals surface area contributed by atoms with Gasteiger partial charge in [0.25, 0.3) is 0 Å². The molecule has 1 atom stereocenters. The lowest BCUT2D eigenvalue weighted by molar-refractivity contribution is -0.121. The van der Waals surface area contributed by atoms with Crippen LogP contribution < -0.4 is 5.32 Å². The van der Waals surface area contributed by atoms with Crippen LogP contribution in [0.2, 0.25) is 0 Å². The van der Waals surface area contributed by atoms with E-state index in [1.54, 1.807) is 10.9 Å². The van der Waals surface area contributed by atoms with Crippen LogP contribution in [0.15, 0.2) is 18.5 Å². The van der Waals surface area contributed by atoms with Gasteiger partial charge in [-0.2, -0.15) is 5.10 Å². The highest BCUT2D eigenvalue weighted by Gasteiger charge is 2.06. The molecule has 0 saturated heterocycles. The predicted molar refractivity (Wildman–Crippen MR) is 57.9 cm³/mol. The number of hydrogen-bond acceptors (Lipinski definition) is 2. The molecule has 1 unspecified atom stereocenters. The Kier molecular flexibility index (Phi) is 4.42. The summed E-state index contributed by atoms with van der Waals surface area (Å²) in [5, 5.41) is 6.77. The quantitative estimate of drug-likeness (QED) is 0.723. The minimum atomic E-state index is -0.157. The summed E-state index contributed by atoms with van der Waals surface area (Å²) < 4.78 is 1.72. The number of aromatic nitrogens is 2.